The van der Waals surface area contributed by atoms with E-state index in [4.69, 9.17) is 22.7 Å². The highest BCUT2D eigenvalue weighted by atomic mass is 32.1. The first-order valence-electron chi connectivity index (χ1n) is 4.47. The van der Waals surface area contributed by atoms with Crippen molar-refractivity contribution in [3.8, 4) is 0 Å². The molecule has 2 N–H and O–H groups in total. The van der Waals surface area contributed by atoms with Gasteiger partial charge in [0.1, 0.15) is 10.7 Å². The van der Waals surface area contributed by atoms with Gasteiger partial charge in [0.25, 0.3) is 0 Å². The fraction of sp³-hybridized carbons (Fsp3) is 0.625. The smallest absolute Gasteiger partial charge is 0.145 e. The minimum atomic E-state index is 0.281. The van der Waals surface area contributed by atoms with Crippen molar-refractivity contribution in [3.63, 3.8) is 0 Å². The zero-order valence-electron chi connectivity index (χ0n) is 7.93. The summed E-state index contributed by atoms with van der Waals surface area (Å²) >= 11 is 4.89. The van der Waals surface area contributed by atoms with Crippen LogP contribution in [0.15, 0.2) is 0 Å². The number of rotatable bonds is 4. The Morgan fingerprint density at radius 1 is 1.71 bits per heavy atom. The van der Waals surface area contributed by atoms with Gasteiger partial charge in [-0.25, -0.2) is 4.68 Å². The number of hydrogen-bond donors (Lipinski definition) is 1. The van der Waals surface area contributed by atoms with Crippen molar-refractivity contribution < 1.29 is 4.74 Å². The first-order valence-corrected chi connectivity index (χ1v) is 4.87. The van der Waals surface area contributed by atoms with Gasteiger partial charge in [0.05, 0.1) is 18.3 Å². The molecule has 0 unspecified atom stereocenters. The fourth-order valence-corrected chi connectivity index (χ4v) is 1.55. The molecule has 1 saturated carbocycles. The molecule has 1 aromatic heterocycles. The van der Waals surface area contributed by atoms with Gasteiger partial charge in [0, 0.05) is 7.11 Å². The summed E-state index contributed by atoms with van der Waals surface area (Å²) in [5.41, 5.74) is 7.02. The van der Waals surface area contributed by atoms with Crippen molar-refractivity contribution in [2.45, 2.75) is 25.5 Å². The zero-order chi connectivity index (χ0) is 10.1. The Hall–Kier alpha value is -1.01. The van der Waals surface area contributed by atoms with Crippen molar-refractivity contribution in [2.75, 3.05) is 7.11 Å². The second kappa shape index (κ2) is 3.62. The summed E-state index contributed by atoms with van der Waals surface area (Å²) in [4.78, 5) is 0.281. The lowest BCUT2D eigenvalue weighted by molar-refractivity contribution is 0.176. The highest BCUT2D eigenvalue weighted by Crippen LogP contribution is 2.35. The van der Waals surface area contributed by atoms with E-state index in [0.29, 0.717) is 18.3 Å². The van der Waals surface area contributed by atoms with E-state index in [2.05, 4.69) is 10.3 Å². The minimum absolute atomic E-state index is 0.281. The number of methoxy groups -OCH3 is 1. The van der Waals surface area contributed by atoms with E-state index in [1.165, 1.54) is 0 Å². The van der Waals surface area contributed by atoms with Crippen molar-refractivity contribution >= 4 is 17.2 Å². The third-order valence-electron chi connectivity index (χ3n) is 2.20. The van der Waals surface area contributed by atoms with E-state index in [0.717, 1.165) is 18.5 Å². The molecule has 76 valence electrons. The molecule has 2 rings (SSSR count). The van der Waals surface area contributed by atoms with Crippen LogP contribution < -0.4 is 5.73 Å². The van der Waals surface area contributed by atoms with Crippen molar-refractivity contribution in [3.05, 3.63) is 11.4 Å². The first kappa shape index (κ1) is 9.54. The van der Waals surface area contributed by atoms with Crippen LogP contribution in [-0.2, 0) is 11.3 Å². The molecule has 0 aliphatic heterocycles. The molecule has 1 aliphatic rings. The molecule has 0 spiro atoms. The number of thiocarbonyl (C=S) groups is 1. The molecule has 1 heterocycles. The molecule has 0 bridgehead atoms. The van der Waals surface area contributed by atoms with Crippen LogP contribution in [0.5, 0.6) is 0 Å². The van der Waals surface area contributed by atoms with Gasteiger partial charge in [-0.3, -0.25) is 0 Å². The molecule has 6 heteroatoms. The summed E-state index contributed by atoms with van der Waals surface area (Å²) in [5.74, 6) is 0. The Morgan fingerprint density at radius 2 is 2.43 bits per heavy atom. The SMILES string of the molecule is COCc1c(C(N)=S)nnn1C1CC1. The number of hydrogen-bond acceptors (Lipinski definition) is 4. The van der Waals surface area contributed by atoms with Gasteiger partial charge in [-0.2, -0.15) is 0 Å². The monoisotopic (exact) mass is 212 g/mol. The second-order valence-corrected chi connectivity index (χ2v) is 3.80. The number of ether oxygens (including phenoxy) is 1. The van der Waals surface area contributed by atoms with Crippen LogP contribution in [0.25, 0.3) is 0 Å². The molecule has 14 heavy (non-hydrogen) atoms. The molecular formula is C8H12N4OS. The number of nitrogens with zero attached hydrogens (tertiary/aromatic N) is 3. The van der Waals surface area contributed by atoms with Crippen LogP contribution in [0.3, 0.4) is 0 Å². The van der Waals surface area contributed by atoms with E-state index >= 15 is 0 Å². The van der Waals surface area contributed by atoms with Crippen LogP contribution in [0.1, 0.15) is 30.3 Å². The zero-order valence-corrected chi connectivity index (χ0v) is 8.75. The van der Waals surface area contributed by atoms with Crippen molar-refractivity contribution in [2.24, 2.45) is 5.73 Å². The summed E-state index contributed by atoms with van der Waals surface area (Å²) in [5, 5.41) is 8.00. The van der Waals surface area contributed by atoms with Gasteiger partial charge >= 0.3 is 0 Å². The normalized spacial score (nSPS) is 15.8. The maximum absolute atomic E-state index is 5.54. The van der Waals surface area contributed by atoms with Crippen LogP contribution in [0.4, 0.5) is 0 Å². The van der Waals surface area contributed by atoms with Gasteiger partial charge < -0.3 is 10.5 Å². The van der Waals surface area contributed by atoms with E-state index in [1.54, 1.807) is 7.11 Å². The fourth-order valence-electron chi connectivity index (χ4n) is 1.39. The molecule has 0 radical (unpaired) electrons. The summed E-state index contributed by atoms with van der Waals surface area (Å²) < 4.78 is 6.95. The van der Waals surface area contributed by atoms with Crippen LogP contribution >= 0.6 is 12.2 Å². The Balaban J connectivity index is 2.35. The number of aromatic nitrogens is 3. The topological polar surface area (TPSA) is 66.0 Å². The largest absolute Gasteiger partial charge is 0.388 e. The van der Waals surface area contributed by atoms with Gasteiger partial charge in [0.2, 0.25) is 0 Å². The van der Waals surface area contributed by atoms with E-state index < -0.39 is 0 Å². The Kier molecular flexibility index (Phi) is 2.47. The first-order chi connectivity index (χ1) is 6.74. The molecule has 0 aromatic carbocycles. The van der Waals surface area contributed by atoms with E-state index in [9.17, 15) is 0 Å². The summed E-state index contributed by atoms with van der Waals surface area (Å²) in [6.07, 6.45) is 2.30. The minimum Gasteiger partial charge on any atom is -0.388 e. The second-order valence-electron chi connectivity index (χ2n) is 3.36. The Bertz CT molecular complexity index is 358. The molecule has 5 nitrogen and oxygen atoms in total. The lowest BCUT2D eigenvalue weighted by Crippen LogP contribution is -2.14. The maximum Gasteiger partial charge on any atom is 0.145 e. The van der Waals surface area contributed by atoms with Gasteiger partial charge in [-0.15, -0.1) is 5.10 Å². The molecule has 1 aliphatic carbocycles. The molecule has 1 fully saturated rings. The summed E-state index contributed by atoms with van der Waals surface area (Å²) in [6, 6.07) is 0.468. The van der Waals surface area contributed by atoms with Gasteiger partial charge in [-0.1, -0.05) is 17.4 Å². The quantitative estimate of drug-likeness (QED) is 0.731. The molecule has 1 aromatic rings. The average molecular weight is 212 g/mol. The predicted octanol–water partition coefficient (Wildman–Crippen LogP) is 0.394. The molecular weight excluding hydrogens is 200 g/mol. The number of nitrogens with two attached hydrogens (primary N) is 1. The highest BCUT2D eigenvalue weighted by Gasteiger charge is 2.29. The molecule has 0 saturated heterocycles. The van der Waals surface area contributed by atoms with Crippen LogP contribution in [0, 0.1) is 0 Å². The van der Waals surface area contributed by atoms with E-state index in [-0.39, 0.29) is 4.99 Å². The molecule has 0 amide bonds. The van der Waals surface area contributed by atoms with Crippen molar-refractivity contribution in [1.82, 2.24) is 15.0 Å². The lowest BCUT2D eigenvalue weighted by Gasteiger charge is -2.04. The standard InChI is InChI=1S/C8H12N4OS/c1-13-4-6-7(8(9)14)10-11-12(6)5-2-3-5/h5H,2-4H2,1H3,(H2,9,14). The Morgan fingerprint density at radius 3 is 2.93 bits per heavy atom. The van der Waals surface area contributed by atoms with Crippen molar-refractivity contribution in [1.29, 1.82) is 0 Å². The van der Waals surface area contributed by atoms with Crippen LogP contribution in [-0.4, -0.2) is 27.1 Å². The predicted molar refractivity (Wildman–Crippen MR) is 54.9 cm³/mol. The third-order valence-corrected chi connectivity index (χ3v) is 2.39. The third kappa shape index (κ3) is 1.62. The highest BCUT2D eigenvalue weighted by molar-refractivity contribution is 7.80. The summed E-state index contributed by atoms with van der Waals surface area (Å²) in [6.45, 7) is 0.455. The van der Waals surface area contributed by atoms with Gasteiger partial charge in [0.15, 0.2) is 0 Å². The lowest BCUT2D eigenvalue weighted by atomic mass is 10.3. The Labute approximate surface area is 87.2 Å². The average Bonchev–Trinajstić information content (AvgIpc) is 2.89. The van der Waals surface area contributed by atoms with E-state index in [1.807, 2.05) is 4.68 Å². The van der Waals surface area contributed by atoms with Gasteiger partial charge in [-0.05, 0) is 12.8 Å². The maximum atomic E-state index is 5.54. The summed E-state index contributed by atoms with van der Waals surface area (Å²) in [7, 11) is 1.63. The van der Waals surface area contributed by atoms with Crippen LogP contribution in [0.2, 0.25) is 0 Å². The molecule has 0 atom stereocenters.